The summed E-state index contributed by atoms with van der Waals surface area (Å²) in [5, 5.41) is 69.5. The van der Waals surface area contributed by atoms with Crippen LogP contribution in [0.25, 0.3) is 32.7 Å². The molecule has 11 atom stereocenters. The predicted octanol–water partition coefficient (Wildman–Crippen LogP) is 6.86. The zero-order chi connectivity index (χ0) is 85.9. The summed E-state index contributed by atoms with van der Waals surface area (Å²) in [6.07, 6.45) is 5.69. The van der Waals surface area contributed by atoms with Crippen LogP contribution in [-0.4, -0.2) is 204 Å². The van der Waals surface area contributed by atoms with Crippen molar-refractivity contribution < 1.29 is 95.7 Å². The molecule has 16 N–H and O–H groups in total. The first-order valence-electron chi connectivity index (χ1n) is 38.3. The van der Waals surface area contributed by atoms with E-state index in [-0.39, 0.29) is 122 Å². The smallest absolute Gasteiger partial charge is 0.317 e. The van der Waals surface area contributed by atoms with Crippen LogP contribution in [0.1, 0.15) is 150 Å². The third kappa shape index (κ3) is 29.8. The van der Waals surface area contributed by atoms with Crippen LogP contribution in [0.4, 0.5) is 3.89 Å². The molecule has 6 aromatic rings. The zero-order valence-electron chi connectivity index (χ0n) is 66.9. The molecule has 33 nitrogen and oxygen atoms in total. The van der Waals surface area contributed by atoms with Crippen LogP contribution in [0, 0.1) is 75.9 Å². The molecule has 0 radical (unpaired) electrons. The fourth-order valence-electron chi connectivity index (χ4n) is 14.0. The highest BCUT2D eigenvalue weighted by molar-refractivity contribution is 7.93. The first-order chi connectivity index (χ1) is 55.2. The van der Waals surface area contributed by atoms with Crippen LogP contribution < -0.4 is 62.5 Å². The van der Waals surface area contributed by atoms with Crippen molar-refractivity contribution in [3.63, 3.8) is 0 Å². The average Bonchev–Trinajstić information content (AvgIpc) is 1.67. The third-order valence-corrected chi connectivity index (χ3v) is 19.6. The molecule has 9 rings (SSSR count). The monoisotopic (exact) mass is 1630 g/mol. The van der Waals surface area contributed by atoms with Gasteiger partial charge in [-0.3, -0.25) is 68.2 Å². The number of nitrogens with one attached hydrogen (secondary N) is 11. The number of nitriles is 2. The Morgan fingerprint density at radius 3 is 1.06 bits per heavy atom. The number of carbonyl (C=O) groups excluding carboxylic acids is 10. The summed E-state index contributed by atoms with van der Waals surface area (Å²) in [4.78, 5) is 168. The van der Waals surface area contributed by atoms with Gasteiger partial charge in [-0.25, -0.2) is 0 Å². The van der Waals surface area contributed by atoms with Gasteiger partial charge in [0.05, 0.1) is 88.3 Å². The van der Waals surface area contributed by atoms with E-state index in [1.54, 1.807) is 51.7 Å². The lowest BCUT2D eigenvalue weighted by Gasteiger charge is -2.28. The number of aromatic amines is 3. The number of carboxylic acids is 3. The summed E-state index contributed by atoms with van der Waals surface area (Å²) < 4.78 is 26.3. The second kappa shape index (κ2) is 48.2. The van der Waals surface area contributed by atoms with Crippen molar-refractivity contribution in [1.82, 2.24) is 57.5 Å². The summed E-state index contributed by atoms with van der Waals surface area (Å²) >= 11 is 0.250. The van der Waals surface area contributed by atoms with Crippen molar-refractivity contribution in [3.05, 3.63) is 89.9 Å². The van der Waals surface area contributed by atoms with E-state index in [9.17, 15) is 76.7 Å². The molecule has 6 heterocycles. The highest BCUT2D eigenvalue weighted by atomic mass is 32.2. The predicted molar refractivity (Wildman–Crippen MR) is 431 cm³/mol. The number of aldehydes is 1. The lowest BCUT2D eigenvalue weighted by atomic mass is 9.89. The Hall–Kier alpha value is -11.3. The molecule has 0 spiro atoms. The number of fused-ring (bicyclic) bond motifs is 3. The summed E-state index contributed by atoms with van der Waals surface area (Å²) in [6, 6.07) is 21.2. The molecule has 2 unspecified atom stereocenters. The number of H-pyrrole nitrogens is 3. The van der Waals surface area contributed by atoms with Gasteiger partial charge in [0.1, 0.15) is 35.6 Å². The number of ether oxygens (including phenoxy) is 3. The van der Waals surface area contributed by atoms with Crippen molar-refractivity contribution in [2.24, 2.45) is 59.0 Å². The van der Waals surface area contributed by atoms with Crippen LogP contribution in [-0.2, 0) is 47.9 Å². The second-order valence-corrected chi connectivity index (χ2v) is 30.0. The molecule has 0 saturated carbocycles. The summed E-state index contributed by atoms with van der Waals surface area (Å²) in [5.74, 6) is -6.21. The maximum Gasteiger partial charge on any atom is 0.317 e. The number of halogens is 1. The van der Waals surface area contributed by atoms with Crippen LogP contribution in [0.3, 0.4) is 0 Å². The first-order valence-corrected chi connectivity index (χ1v) is 39.4. The SMILES string of the molecule is COc1cccc2[nH]c(C(=O)C[C@@H](CC(C)C)C(=O)N[C@@H](C[C@@H]3CCNC3=O)C(C#N)NCC(=O)O)cc12.COc1cccc2[nH]c(C(=O)C[C@@H](CC(C)C)C(=O)N[C@@H](C[C@@H]3CCNC3=O)C(C#N)NCC(=O)O)cc12.COc1cccc2[nH]c(C(=O)C[C@@H](CC(C)C)C(=O)N[C@H](C=O)C[C@@H]3CCNC3=O)cc12.CSF.NCC(=O)O. The van der Waals surface area contributed by atoms with Gasteiger partial charge in [-0.1, -0.05) is 59.7 Å². The minimum atomic E-state index is -1.15. The van der Waals surface area contributed by atoms with Gasteiger partial charge in [-0.05, 0) is 130 Å². The van der Waals surface area contributed by atoms with Crippen LogP contribution in [0.2, 0.25) is 0 Å². The van der Waals surface area contributed by atoms with Gasteiger partial charge in [0.2, 0.25) is 35.4 Å². The number of nitrogens with two attached hydrogens (primary N) is 1. The van der Waals surface area contributed by atoms with Crippen molar-refractivity contribution in [2.75, 3.05) is 66.9 Å². The van der Waals surface area contributed by atoms with Crippen molar-refractivity contribution in [3.8, 4) is 29.4 Å². The second-order valence-electron chi connectivity index (χ2n) is 29.7. The zero-order valence-corrected chi connectivity index (χ0v) is 67.8. The molecule has 0 bridgehead atoms. The maximum absolute atomic E-state index is 13.5. The van der Waals surface area contributed by atoms with Crippen LogP contribution >= 0.6 is 12.1 Å². The Kier molecular flexibility index (Phi) is 39.6. The molecule has 35 heteroatoms. The van der Waals surface area contributed by atoms with E-state index in [1.165, 1.54) is 6.26 Å². The number of methoxy groups -OCH3 is 3. The van der Waals surface area contributed by atoms with Crippen LogP contribution in [0.5, 0.6) is 17.2 Å². The van der Waals surface area contributed by atoms with E-state index in [1.807, 2.05) is 96.1 Å². The maximum atomic E-state index is 13.5. The molecule has 630 valence electrons. The van der Waals surface area contributed by atoms with E-state index in [0.29, 0.717) is 98.8 Å². The van der Waals surface area contributed by atoms with Gasteiger partial charge in [0.25, 0.3) is 0 Å². The average molecular weight is 1630 g/mol. The number of ketones is 3. The molecule has 3 aromatic carbocycles. The Morgan fingerprint density at radius 2 is 0.819 bits per heavy atom. The number of rotatable bonds is 40. The highest BCUT2D eigenvalue weighted by Crippen LogP contribution is 2.33. The molecular formula is C81H109FN14O19S. The topological polar surface area (TPSA) is 527 Å². The fraction of sp³-hybridized carbons (Fsp3) is 0.519. The summed E-state index contributed by atoms with van der Waals surface area (Å²) in [7, 11) is 4.68. The minimum Gasteiger partial charge on any atom is -0.496 e. The van der Waals surface area contributed by atoms with E-state index in [2.05, 4.69) is 63.2 Å². The Balaban J connectivity index is 0.000000297. The number of carboxylic acid groups (broad SMARTS) is 3. The normalized spacial score (nSPS) is 16.8. The number of hydrogen-bond donors (Lipinski definition) is 15. The van der Waals surface area contributed by atoms with E-state index in [4.69, 9.17) is 29.5 Å². The lowest BCUT2D eigenvalue weighted by molar-refractivity contribution is -0.137. The van der Waals surface area contributed by atoms with E-state index in [0.717, 1.165) is 32.7 Å². The quantitative estimate of drug-likeness (QED) is 0.0138. The molecule has 116 heavy (non-hydrogen) atoms. The number of aliphatic carboxylic acids is 3. The molecule has 3 saturated heterocycles. The van der Waals surface area contributed by atoms with Gasteiger partial charge in [0, 0.05) is 126 Å². The third-order valence-electron chi connectivity index (χ3n) is 19.6. The molecule has 3 aliphatic heterocycles. The number of Topliss-reactive ketones (excluding diaryl/α,β-unsaturated/α-hetero) is 3. The molecule has 6 amide bonds. The van der Waals surface area contributed by atoms with Gasteiger partial charge in [-0.15, -0.1) is 0 Å². The Labute approximate surface area is 676 Å². The Bertz CT molecular complexity index is 4260. The number of carbonyl (C=O) groups is 13. The van der Waals surface area contributed by atoms with Gasteiger partial charge in [-0.2, -0.15) is 14.4 Å². The number of aromatic nitrogens is 3. The number of nitrogens with zero attached hydrogens (tertiary/aromatic N) is 2. The van der Waals surface area contributed by atoms with Gasteiger partial charge in [0.15, 0.2) is 17.3 Å². The molecule has 3 aromatic heterocycles. The van der Waals surface area contributed by atoms with E-state index < -0.39 is 103 Å². The molecule has 3 fully saturated rings. The first kappa shape index (κ1) is 95.3. The van der Waals surface area contributed by atoms with Crippen LogP contribution in [0.15, 0.2) is 72.8 Å². The molecule has 3 aliphatic rings. The number of benzene rings is 3. The number of amides is 6. The summed E-state index contributed by atoms with van der Waals surface area (Å²) in [5.41, 5.74) is 7.99. The molecule has 0 aliphatic carbocycles. The lowest BCUT2D eigenvalue weighted by Crippen LogP contribution is -2.53. The van der Waals surface area contributed by atoms with Crippen molar-refractivity contribution >= 4 is 122 Å². The minimum absolute atomic E-state index is 0.0225. The van der Waals surface area contributed by atoms with Crippen molar-refractivity contribution in [1.29, 1.82) is 10.5 Å². The summed E-state index contributed by atoms with van der Waals surface area (Å²) in [6.45, 7) is 12.1. The Morgan fingerprint density at radius 1 is 0.526 bits per heavy atom. The standard InChI is InChI=1S/2C27H35N5O6.C24H31N3O5.C2H5NO2.CH3FS/c2*1-15(2)9-17(11-23(33)21-12-18-19(31-21)5-4-6-24(18)38-3)27(37)32-20(10-16-7-8-29-26(16)36)22(13-28)30-14-25(34)35;1-14(2)9-16(24(31)26-17(13-28)10-15-7-8-25-23(15)30)11-21(29)20-12-18-19(27-20)5-4-6-22(18)32-3;3-1-2(4)5;1-3-2/h2*4-6,12,15-17,20,22,30-31H,7-11,14H2,1-3H3,(H,29,36)(H,32,37)(H,34,35);4-6,12-17,27H,7-11H2,1-3H3,(H,25,30)(H,26,31);1,3H2,(H,4,5);1H3/t2*16-,17+,20-,22?;15-,16+,17-;;/m000../s1. The van der Waals surface area contributed by atoms with Crippen molar-refractivity contribution in [2.45, 2.75) is 149 Å². The van der Waals surface area contributed by atoms with Gasteiger partial charge < -0.3 is 86.9 Å². The number of hydrogen-bond acceptors (Lipinski definition) is 22. The van der Waals surface area contributed by atoms with E-state index >= 15 is 0 Å². The fourth-order valence-corrected chi connectivity index (χ4v) is 14.0. The largest absolute Gasteiger partial charge is 0.496 e. The highest BCUT2D eigenvalue weighted by Gasteiger charge is 2.38. The molecular weight excluding hydrogens is 1520 g/mol. The van der Waals surface area contributed by atoms with Gasteiger partial charge >= 0.3 is 17.9 Å².